The van der Waals surface area contributed by atoms with Gasteiger partial charge in [-0.2, -0.15) is 0 Å². The molecular formula is C15H19N3O4. The molecule has 4 rings (SSSR count). The van der Waals surface area contributed by atoms with E-state index in [1.165, 1.54) is 12.7 Å². The van der Waals surface area contributed by atoms with Crippen LogP contribution in [0.5, 0.6) is 0 Å². The number of hydrogen-bond donors (Lipinski definition) is 2. The fourth-order valence-corrected chi connectivity index (χ4v) is 3.42. The molecule has 118 valence electrons. The first-order chi connectivity index (χ1) is 10.7. The molecule has 7 nitrogen and oxygen atoms in total. The summed E-state index contributed by atoms with van der Waals surface area (Å²) < 4.78 is 11.0. The molecule has 0 spiro atoms. The summed E-state index contributed by atoms with van der Waals surface area (Å²) in [6.45, 7) is 0. The number of fused-ring (bicyclic) bond motifs is 2. The predicted octanol–water partition coefficient (Wildman–Crippen LogP) is 1.27. The highest BCUT2D eigenvalue weighted by atomic mass is 16.5. The van der Waals surface area contributed by atoms with Crippen LogP contribution in [0.2, 0.25) is 0 Å². The van der Waals surface area contributed by atoms with Crippen LogP contribution < -0.4 is 10.9 Å². The lowest BCUT2D eigenvalue weighted by Gasteiger charge is -2.21. The molecule has 2 saturated heterocycles. The third-order valence-corrected chi connectivity index (χ3v) is 4.95. The van der Waals surface area contributed by atoms with Gasteiger partial charge in [0, 0.05) is 5.92 Å². The first-order valence-electron chi connectivity index (χ1n) is 7.92. The molecule has 3 heterocycles. The number of ether oxygens (including phenoxy) is 1. The van der Waals surface area contributed by atoms with Crippen LogP contribution in [0.4, 0.5) is 0 Å². The van der Waals surface area contributed by atoms with Crippen molar-refractivity contribution in [1.29, 1.82) is 0 Å². The summed E-state index contributed by atoms with van der Waals surface area (Å²) in [6.07, 6.45) is 7.53. The Bertz CT molecular complexity index is 595. The van der Waals surface area contributed by atoms with Crippen LogP contribution in [0.1, 0.15) is 60.8 Å². The monoisotopic (exact) mass is 305 g/mol. The second-order valence-electron chi connectivity index (χ2n) is 6.36. The summed E-state index contributed by atoms with van der Waals surface area (Å²) in [5.74, 6) is 0.142. The van der Waals surface area contributed by atoms with E-state index in [4.69, 9.17) is 9.15 Å². The fraction of sp³-hybridized carbons (Fsp3) is 0.667. The van der Waals surface area contributed by atoms with Gasteiger partial charge in [-0.1, -0.05) is 6.42 Å². The van der Waals surface area contributed by atoms with Crippen molar-refractivity contribution in [1.82, 2.24) is 15.8 Å². The SMILES string of the molecule is O=C(NNC(=O)C1CC2CCC1O2)c1coc(C2CCC2)n1. The number of carbonyl (C=O) groups is 2. The van der Waals surface area contributed by atoms with E-state index in [9.17, 15) is 9.59 Å². The lowest BCUT2D eigenvalue weighted by atomic mass is 9.85. The van der Waals surface area contributed by atoms with Crippen LogP contribution in [0.15, 0.2) is 10.7 Å². The van der Waals surface area contributed by atoms with E-state index >= 15 is 0 Å². The number of amides is 2. The van der Waals surface area contributed by atoms with Crippen molar-refractivity contribution >= 4 is 11.8 Å². The normalized spacial score (nSPS) is 30.1. The quantitative estimate of drug-likeness (QED) is 0.820. The maximum absolute atomic E-state index is 12.1. The Balaban J connectivity index is 1.30. The predicted molar refractivity (Wildman–Crippen MR) is 74.7 cm³/mol. The summed E-state index contributed by atoms with van der Waals surface area (Å²) in [5, 5.41) is 0. The van der Waals surface area contributed by atoms with Gasteiger partial charge >= 0.3 is 0 Å². The van der Waals surface area contributed by atoms with Crippen molar-refractivity contribution in [2.24, 2.45) is 5.92 Å². The minimum absolute atomic E-state index is 0.000767. The Kier molecular flexibility index (Phi) is 3.37. The molecule has 2 aliphatic heterocycles. The average molecular weight is 305 g/mol. The third kappa shape index (κ3) is 2.39. The first-order valence-corrected chi connectivity index (χ1v) is 7.92. The number of hydrazine groups is 1. The Hall–Kier alpha value is -1.89. The second-order valence-corrected chi connectivity index (χ2v) is 6.36. The van der Waals surface area contributed by atoms with Gasteiger partial charge in [0.15, 0.2) is 11.6 Å². The van der Waals surface area contributed by atoms with Crippen molar-refractivity contribution in [3.63, 3.8) is 0 Å². The molecule has 3 unspecified atom stereocenters. The summed E-state index contributed by atoms with van der Waals surface area (Å²) >= 11 is 0. The van der Waals surface area contributed by atoms with Crippen LogP contribution in [-0.4, -0.2) is 29.0 Å². The highest BCUT2D eigenvalue weighted by molar-refractivity contribution is 5.93. The first kappa shape index (κ1) is 13.8. The zero-order valence-corrected chi connectivity index (χ0v) is 12.2. The van der Waals surface area contributed by atoms with Crippen molar-refractivity contribution in [2.45, 2.75) is 56.7 Å². The fourth-order valence-electron chi connectivity index (χ4n) is 3.42. The molecule has 22 heavy (non-hydrogen) atoms. The molecule has 1 aromatic heterocycles. The van der Waals surface area contributed by atoms with Gasteiger partial charge in [0.1, 0.15) is 6.26 Å². The number of nitrogens with zero attached hydrogens (tertiary/aromatic N) is 1. The standard InChI is InChI=1S/C15H19N3O4/c19-13(10-6-9-4-5-12(10)22-9)17-18-14(20)11-7-21-15(16-11)8-2-1-3-8/h7-10,12H,1-6H2,(H,17,19)(H,18,20). The number of carbonyl (C=O) groups excluding carboxylic acids is 2. The van der Waals surface area contributed by atoms with Crippen molar-refractivity contribution in [2.75, 3.05) is 0 Å². The summed E-state index contributed by atoms with van der Waals surface area (Å²) in [4.78, 5) is 28.3. The van der Waals surface area contributed by atoms with Crippen LogP contribution in [-0.2, 0) is 9.53 Å². The molecule has 3 aliphatic rings. The van der Waals surface area contributed by atoms with E-state index < -0.39 is 5.91 Å². The molecule has 3 atom stereocenters. The molecule has 2 N–H and O–H groups in total. The number of oxazole rings is 1. The van der Waals surface area contributed by atoms with E-state index in [1.807, 2.05) is 0 Å². The summed E-state index contributed by atoms with van der Waals surface area (Å²) in [7, 11) is 0. The van der Waals surface area contributed by atoms with Gasteiger partial charge in [-0.3, -0.25) is 20.4 Å². The molecule has 3 fully saturated rings. The zero-order valence-electron chi connectivity index (χ0n) is 12.2. The molecular weight excluding hydrogens is 286 g/mol. The van der Waals surface area contributed by atoms with E-state index in [-0.39, 0.29) is 29.7 Å². The molecule has 2 amide bonds. The Morgan fingerprint density at radius 2 is 2.05 bits per heavy atom. The number of nitrogens with one attached hydrogen (secondary N) is 2. The summed E-state index contributed by atoms with van der Waals surface area (Å²) in [6, 6.07) is 0. The third-order valence-electron chi connectivity index (χ3n) is 4.95. The van der Waals surface area contributed by atoms with Gasteiger partial charge in [0.05, 0.1) is 18.1 Å². The molecule has 0 radical (unpaired) electrons. The topological polar surface area (TPSA) is 93.5 Å². The molecule has 1 aromatic rings. The summed E-state index contributed by atoms with van der Waals surface area (Å²) in [5.41, 5.74) is 5.08. The minimum atomic E-state index is -0.452. The number of hydrogen-bond acceptors (Lipinski definition) is 5. The largest absolute Gasteiger partial charge is 0.448 e. The Labute approximate surface area is 127 Å². The molecule has 0 aromatic carbocycles. The van der Waals surface area contributed by atoms with Crippen LogP contribution in [0.3, 0.4) is 0 Å². The van der Waals surface area contributed by atoms with Crippen molar-refractivity contribution < 1.29 is 18.7 Å². The van der Waals surface area contributed by atoms with Crippen LogP contribution >= 0.6 is 0 Å². The van der Waals surface area contributed by atoms with E-state index in [0.717, 1.165) is 32.1 Å². The Morgan fingerprint density at radius 1 is 1.18 bits per heavy atom. The van der Waals surface area contributed by atoms with Gasteiger partial charge in [0.2, 0.25) is 5.91 Å². The minimum Gasteiger partial charge on any atom is -0.448 e. The van der Waals surface area contributed by atoms with Crippen LogP contribution in [0.25, 0.3) is 0 Å². The molecule has 2 bridgehead atoms. The van der Waals surface area contributed by atoms with Crippen LogP contribution in [0, 0.1) is 5.92 Å². The van der Waals surface area contributed by atoms with Gasteiger partial charge in [-0.25, -0.2) is 4.98 Å². The smallest absolute Gasteiger partial charge is 0.291 e. The molecule has 1 aliphatic carbocycles. The lowest BCUT2D eigenvalue weighted by molar-refractivity contribution is -0.127. The van der Waals surface area contributed by atoms with Gasteiger partial charge in [-0.05, 0) is 32.1 Å². The van der Waals surface area contributed by atoms with Gasteiger partial charge in [0.25, 0.3) is 5.91 Å². The lowest BCUT2D eigenvalue weighted by Crippen LogP contribution is -2.46. The van der Waals surface area contributed by atoms with Gasteiger partial charge < -0.3 is 9.15 Å². The highest BCUT2D eigenvalue weighted by Gasteiger charge is 2.44. The highest BCUT2D eigenvalue weighted by Crippen LogP contribution is 2.38. The maximum atomic E-state index is 12.1. The average Bonchev–Trinajstić information content (AvgIpc) is 3.18. The van der Waals surface area contributed by atoms with Gasteiger partial charge in [-0.15, -0.1) is 0 Å². The van der Waals surface area contributed by atoms with Crippen molar-refractivity contribution in [3.05, 3.63) is 17.8 Å². The molecule has 1 saturated carbocycles. The van der Waals surface area contributed by atoms with E-state index in [1.54, 1.807) is 0 Å². The number of rotatable bonds is 3. The van der Waals surface area contributed by atoms with E-state index in [2.05, 4.69) is 15.8 Å². The second kappa shape index (κ2) is 5.39. The molecule has 7 heteroatoms. The van der Waals surface area contributed by atoms with E-state index in [0.29, 0.717) is 11.8 Å². The number of aromatic nitrogens is 1. The Morgan fingerprint density at radius 3 is 2.68 bits per heavy atom. The van der Waals surface area contributed by atoms with Crippen molar-refractivity contribution in [3.8, 4) is 0 Å². The zero-order chi connectivity index (χ0) is 15.1. The maximum Gasteiger partial charge on any atom is 0.291 e.